The average molecular weight is 308 g/mol. The van der Waals surface area contributed by atoms with Crippen molar-refractivity contribution in [1.29, 1.82) is 0 Å². The molecule has 0 aromatic carbocycles. The van der Waals surface area contributed by atoms with Crippen molar-refractivity contribution in [3.05, 3.63) is 22.4 Å². The van der Waals surface area contributed by atoms with Crippen molar-refractivity contribution in [2.24, 2.45) is 10.7 Å². The van der Waals surface area contributed by atoms with Crippen molar-refractivity contribution < 1.29 is 4.79 Å². The zero-order valence-corrected chi connectivity index (χ0v) is 13.1. The Bertz CT molecular complexity index is 452. The second kappa shape index (κ2) is 8.67. The highest BCUT2D eigenvalue weighted by atomic mass is 32.1. The first-order valence-electron chi connectivity index (χ1n) is 7.59. The van der Waals surface area contributed by atoms with Crippen molar-refractivity contribution in [2.45, 2.75) is 44.6 Å². The van der Waals surface area contributed by atoms with Crippen LogP contribution in [-0.4, -0.2) is 31.0 Å². The van der Waals surface area contributed by atoms with Gasteiger partial charge in [-0.1, -0.05) is 25.3 Å². The van der Waals surface area contributed by atoms with Gasteiger partial charge < -0.3 is 16.4 Å². The number of nitrogens with zero attached hydrogens (tertiary/aromatic N) is 1. The minimum Gasteiger partial charge on any atom is -0.370 e. The monoisotopic (exact) mass is 308 g/mol. The minimum atomic E-state index is -0.0371. The van der Waals surface area contributed by atoms with Gasteiger partial charge >= 0.3 is 0 Å². The van der Waals surface area contributed by atoms with Crippen LogP contribution in [0.2, 0.25) is 0 Å². The predicted molar refractivity (Wildman–Crippen MR) is 87.5 cm³/mol. The van der Waals surface area contributed by atoms with Crippen LogP contribution in [0.3, 0.4) is 0 Å². The van der Waals surface area contributed by atoms with Crippen molar-refractivity contribution in [2.75, 3.05) is 13.1 Å². The van der Waals surface area contributed by atoms with Gasteiger partial charge in [0.05, 0.1) is 0 Å². The number of carbonyl (C=O) groups is 1. The van der Waals surface area contributed by atoms with Crippen LogP contribution < -0.4 is 16.4 Å². The van der Waals surface area contributed by atoms with E-state index in [9.17, 15) is 4.79 Å². The Hall–Kier alpha value is -1.56. The molecule has 0 saturated heterocycles. The molecule has 5 nitrogen and oxygen atoms in total. The Morgan fingerprint density at radius 1 is 1.38 bits per heavy atom. The third-order valence-electron chi connectivity index (χ3n) is 3.62. The fourth-order valence-corrected chi connectivity index (χ4v) is 3.21. The molecule has 116 valence electrons. The lowest BCUT2D eigenvalue weighted by molar-refractivity contribution is -0.120. The molecule has 1 amide bonds. The van der Waals surface area contributed by atoms with Gasteiger partial charge in [0.15, 0.2) is 5.96 Å². The molecule has 0 spiro atoms. The molecule has 0 unspecified atom stereocenters. The van der Waals surface area contributed by atoms with Crippen LogP contribution in [0.5, 0.6) is 0 Å². The van der Waals surface area contributed by atoms with Crippen LogP contribution in [0.15, 0.2) is 22.5 Å². The summed E-state index contributed by atoms with van der Waals surface area (Å²) in [6, 6.07) is 4.46. The quantitative estimate of drug-likeness (QED) is 0.552. The molecule has 1 aliphatic carbocycles. The molecule has 6 heteroatoms. The lowest BCUT2D eigenvalue weighted by Crippen LogP contribution is -2.39. The van der Waals surface area contributed by atoms with Gasteiger partial charge in [-0.05, 0) is 30.7 Å². The van der Waals surface area contributed by atoms with E-state index >= 15 is 0 Å². The van der Waals surface area contributed by atoms with E-state index in [1.165, 1.54) is 24.1 Å². The number of carbonyl (C=O) groups excluding carboxylic acids is 1. The van der Waals surface area contributed by atoms with Crippen molar-refractivity contribution >= 4 is 23.2 Å². The maximum Gasteiger partial charge on any atom is 0.242 e. The maximum absolute atomic E-state index is 11.8. The largest absolute Gasteiger partial charge is 0.370 e. The standard InChI is InChI=1S/C15H24N4OS/c16-15(17-9-8-13-7-4-10-21-13)18-11-14(20)19-12-5-2-1-3-6-12/h4,7,10,12H,1-3,5-6,8-9,11H2,(H,19,20)(H3,16,17,18). The van der Waals surface area contributed by atoms with E-state index in [1.807, 2.05) is 6.07 Å². The lowest BCUT2D eigenvalue weighted by atomic mass is 9.95. The summed E-state index contributed by atoms with van der Waals surface area (Å²) in [5.74, 6) is 0.301. The second-order valence-corrected chi connectivity index (χ2v) is 6.39. The number of aliphatic imine (C=N–C) groups is 1. The Balaban J connectivity index is 1.61. The fraction of sp³-hybridized carbons (Fsp3) is 0.600. The van der Waals surface area contributed by atoms with Gasteiger partial charge in [0.2, 0.25) is 5.91 Å². The average Bonchev–Trinajstić information content (AvgIpc) is 2.99. The molecule has 4 N–H and O–H groups in total. The molecule has 1 aromatic rings. The number of nitrogens with one attached hydrogen (secondary N) is 2. The summed E-state index contributed by atoms with van der Waals surface area (Å²) in [5.41, 5.74) is 5.76. The zero-order chi connectivity index (χ0) is 14.9. The summed E-state index contributed by atoms with van der Waals surface area (Å²) >= 11 is 1.73. The third kappa shape index (κ3) is 6.16. The van der Waals surface area contributed by atoms with Gasteiger partial charge in [-0.25, -0.2) is 4.99 Å². The van der Waals surface area contributed by atoms with Crippen LogP contribution in [0.25, 0.3) is 0 Å². The van der Waals surface area contributed by atoms with Crippen LogP contribution >= 0.6 is 11.3 Å². The van der Waals surface area contributed by atoms with Crippen LogP contribution in [0, 0.1) is 0 Å². The predicted octanol–water partition coefficient (Wildman–Crippen LogP) is 1.64. The van der Waals surface area contributed by atoms with Gasteiger partial charge in [0, 0.05) is 17.5 Å². The smallest absolute Gasteiger partial charge is 0.242 e. The van der Waals surface area contributed by atoms with Crippen LogP contribution in [-0.2, 0) is 11.2 Å². The summed E-state index contributed by atoms with van der Waals surface area (Å²) in [7, 11) is 0. The minimum absolute atomic E-state index is 0.0371. The molecular formula is C15H24N4OS. The van der Waals surface area contributed by atoms with Gasteiger partial charge in [-0.3, -0.25) is 4.79 Å². The molecular weight excluding hydrogens is 284 g/mol. The first kappa shape index (κ1) is 15.8. The van der Waals surface area contributed by atoms with Gasteiger partial charge in [-0.15, -0.1) is 11.3 Å². The van der Waals surface area contributed by atoms with E-state index in [-0.39, 0.29) is 12.5 Å². The van der Waals surface area contributed by atoms with E-state index in [1.54, 1.807) is 11.3 Å². The molecule has 1 aliphatic rings. The fourth-order valence-electron chi connectivity index (χ4n) is 2.50. The molecule has 1 aromatic heterocycles. The normalized spacial score (nSPS) is 16.7. The molecule has 1 fully saturated rings. The summed E-state index contributed by atoms with van der Waals surface area (Å²) in [4.78, 5) is 17.2. The SMILES string of the molecule is NC(=NCC(=O)NC1CCCCC1)NCCc1cccs1. The third-order valence-corrected chi connectivity index (χ3v) is 4.56. The number of rotatable bonds is 6. The summed E-state index contributed by atoms with van der Waals surface area (Å²) in [6.07, 6.45) is 6.79. The number of thiophene rings is 1. The van der Waals surface area contributed by atoms with Crippen LogP contribution in [0.1, 0.15) is 37.0 Å². The van der Waals surface area contributed by atoms with E-state index in [0.29, 0.717) is 12.0 Å². The number of hydrogen-bond acceptors (Lipinski definition) is 3. The highest BCUT2D eigenvalue weighted by Gasteiger charge is 2.15. The second-order valence-electron chi connectivity index (χ2n) is 5.36. The highest BCUT2D eigenvalue weighted by molar-refractivity contribution is 7.09. The molecule has 0 bridgehead atoms. The summed E-state index contributed by atoms with van der Waals surface area (Å²) in [6.45, 7) is 0.842. The molecule has 0 aliphatic heterocycles. The number of amides is 1. The Kier molecular flexibility index (Phi) is 6.53. The van der Waals surface area contributed by atoms with E-state index in [2.05, 4.69) is 27.1 Å². The number of hydrogen-bond donors (Lipinski definition) is 3. The van der Waals surface area contributed by atoms with Gasteiger partial charge in [0.25, 0.3) is 0 Å². The Labute approximate surface area is 130 Å². The van der Waals surface area contributed by atoms with Crippen molar-refractivity contribution in [3.63, 3.8) is 0 Å². The maximum atomic E-state index is 11.8. The molecule has 0 atom stereocenters. The molecule has 1 saturated carbocycles. The Morgan fingerprint density at radius 3 is 2.90 bits per heavy atom. The van der Waals surface area contributed by atoms with E-state index in [4.69, 9.17) is 5.73 Å². The van der Waals surface area contributed by atoms with Crippen LogP contribution in [0.4, 0.5) is 0 Å². The van der Waals surface area contributed by atoms with Gasteiger partial charge in [0.1, 0.15) is 6.54 Å². The molecule has 21 heavy (non-hydrogen) atoms. The summed E-state index contributed by atoms with van der Waals surface area (Å²) < 4.78 is 0. The number of guanidine groups is 1. The molecule has 0 radical (unpaired) electrons. The van der Waals surface area contributed by atoms with E-state index < -0.39 is 0 Å². The van der Waals surface area contributed by atoms with Crippen molar-refractivity contribution in [1.82, 2.24) is 10.6 Å². The summed E-state index contributed by atoms with van der Waals surface area (Å²) in [5, 5.41) is 8.12. The Morgan fingerprint density at radius 2 is 2.19 bits per heavy atom. The number of nitrogens with two attached hydrogens (primary N) is 1. The lowest BCUT2D eigenvalue weighted by Gasteiger charge is -2.22. The topological polar surface area (TPSA) is 79.5 Å². The first-order chi connectivity index (χ1) is 10.2. The highest BCUT2D eigenvalue weighted by Crippen LogP contribution is 2.17. The molecule has 2 rings (SSSR count). The molecule has 1 heterocycles. The van der Waals surface area contributed by atoms with E-state index in [0.717, 1.165) is 25.8 Å². The van der Waals surface area contributed by atoms with Gasteiger partial charge in [-0.2, -0.15) is 0 Å². The van der Waals surface area contributed by atoms with Crippen molar-refractivity contribution in [3.8, 4) is 0 Å². The first-order valence-corrected chi connectivity index (χ1v) is 8.47. The zero-order valence-electron chi connectivity index (χ0n) is 12.3.